The summed E-state index contributed by atoms with van der Waals surface area (Å²) in [5, 5.41) is 9.48. The van der Waals surface area contributed by atoms with E-state index >= 15 is 0 Å². The lowest BCUT2D eigenvalue weighted by molar-refractivity contribution is 0.0832. The number of nitrogens with zero attached hydrogens (tertiary/aromatic N) is 4. The van der Waals surface area contributed by atoms with Crippen molar-refractivity contribution in [2.45, 2.75) is 45.7 Å². The molecule has 1 saturated heterocycles. The Balaban J connectivity index is 1.85. The second kappa shape index (κ2) is 5.50. The smallest absolute Gasteiger partial charge is 0.234 e. The SMILES string of the molecule is Cc1cc(C)n2cc(CN3CCCCC3CO)nc2n1. The highest BCUT2D eigenvalue weighted by Crippen LogP contribution is 2.19. The van der Waals surface area contributed by atoms with Gasteiger partial charge < -0.3 is 5.11 Å². The van der Waals surface area contributed by atoms with Crippen LogP contribution in [0.4, 0.5) is 0 Å². The van der Waals surface area contributed by atoms with Crippen molar-refractivity contribution >= 4 is 5.78 Å². The summed E-state index contributed by atoms with van der Waals surface area (Å²) in [6.45, 7) is 6.15. The molecule has 0 radical (unpaired) electrons. The molecule has 3 heterocycles. The summed E-state index contributed by atoms with van der Waals surface area (Å²) in [5.74, 6) is 0.773. The fourth-order valence-electron chi connectivity index (χ4n) is 3.08. The van der Waals surface area contributed by atoms with E-state index in [9.17, 15) is 5.11 Å². The zero-order valence-electron chi connectivity index (χ0n) is 12.2. The maximum absolute atomic E-state index is 9.48. The van der Waals surface area contributed by atoms with Gasteiger partial charge in [-0.05, 0) is 39.3 Å². The molecule has 0 aliphatic carbocycles. The molecular weight excluding hydrogens is 252 g/mol. The third-order valence-corrected chi connectivity index (χ3v) is 4.14. The molecule has 0 aromatic carbocycles. The highest BCUT2D eigenvalue weighted by molar-refractivity contribution is 5.34. The molecule has 5 nitrogen and oxygen atoms in total. The lowest BCUT2D eigenvalue weighted by Crippen LogP contribution is -2.41. The van der Waals surface area contributed by atoms with Crippen LogP contribution >= 0.6 is 0 Å². The molecule has 3 rings (SSSR count). The summed E-state index contributed by atoms with van der Waals surface area (Å²) in [4.78, 5) is 11.4. The molecule has 1 fully saturated rings. The number of fused-ring (bicyclic) bond motifs is 1. The van der Waals surface area contributed by atoms with E-state index in [-0.39, 0.29) is 12.6 Å². The van der Waals surface area contributed by atoms with Crippen molar-refractivity contribution < 1.29 is 5.11 Å². The van der Waals surface area contributed by atoms with Crippen molar-refractivity contribution in [3.05, 3.63) is 29.3 Å². The highest BCUT2D eigenvalue weighted by atomic mass is 16.3. The van der Waals surface area contributed by atoms with E-state index in [1.54, 1.807) is 0 Å². The van der Waals surface area contributed by atoms with Gasteiger partial charge in [-0.1, -0.05) is 6.42 Å². The molecule has 0 bridgehead atoms. The molecule has 0 amide bonds. The molecule has 0 saturated carbocycles. The average Bonchev–Trinajstić information content (AvgIpc) is 2.82. The Bertz CT molecular complexity index is 607. The quantitative estimate of drug-likeness (QED) is 0.925. The molecule has 1 N–H and O–H groups in total. The van der Waals surface area contributed by atoms with E-state index in [0.717, 1.165) is 42.4 Å². The van der Waals surface area contributed by atoms with Crippen LogP contribution in [0.1, 0.15) is 36.3 Å². The summed E-state index contributed by atoms with van der Waals surface area (Å²) in [5.41, 5.74) is 3.19. The fourth-order valence-corrected chi connectivity index (χ4v) is 3.08. The van der Waals surface area contributed by atoms with Gasteiger partial charge in [-0.25, -0.2) is 9.97 Å². The number of piperidine rings is 1. The van der Waals surface area contributed by atoms with E-state index in [0.29, 0.717) is 0 Å². The third-order valence-electron chi connectivity index (χ3n) is 4.14. The van der Waals surface area contributed by atoms with Crippen LogP contribution in [0.3, 0.4) is 0 Å². The van der Waals surface area contributed by atoms with E-state index in [1.807, 2.05) is 11.3 Å². The first kappa shape index (κ1) is 13.5. The van der Waals surface area contributed by atoms with Gasteiger partial charge in [0.1, 0.15) is 0 Å². The van der Waals surface area contributed by atoms with Crippen LogP contribution in [0.5, 0.6) is 0 Å². The topological polar surface area (TPSA) is 53.7 Å². The summed E-state index contributed by atoms with van der Waals surface area (Å²) in [6.07, 6.45) is 5.58. The summed E-state index contributed by atoms with van der Waals surface area (Å²) in [7, 11) is 0. The fraction of sp³-hybridized carbons (Fsp3) is 0.600. The zero-order chi connectivity index (χ0) is 14.1. The van der Waals surface area contributed by atoms with E-state index in [4.69, 9.17) is 0 Å². The van der Waals surface area contributed by atoms with Crippen molar-refractivity contribution in [3.63, 3.8) is 0 Å². The Labute approximate surface area is 119 Å². The number of aliphatic hydroxyl groups is 1. The predicted molar refractivity (Wildman–Crippen MR) is 77.6 cm³/mol. The number of imidazole rings is 1. The van der Waals surface area contributed by atoms with Crippen molar-refractivity contribution in [3.8, 4) is 0 Å². The number of likely N-dealkylation sites (tertiary alicyclic amines) is 1. The van der Waals surface area contributed by atoms with Crippen LogP contribution in [0.15, 0.2) is 12.3 Å². The zero-order valence-corrected chi connectivity index (χ0v) is 12.2. The second-order valence-corrected chi connectivity index (χ2v) is 5.74. The molecule has 1 aliphatic heterocycles. The van der Waals surface area contributed by atoms with Gasteiger partial charge in [0.05, 0.1) is 12.3 Å². The van der Waals surface area contributed by atoms with Crippen molar-refractivity contribution in [1.82, 2.24) is 19.3 Å². The minimum absolute atomic E-state index is 0.240. The van der Waals surface area contributed by atoms with Crippen molar-refractivity contribution in [1.29, 1.82) is 0 Å². The maximum Gasteiger partial charge on any atom is 0.234 e. The summed E-state index contributed by atoms with van der Waals surface area (Å²) < 4.78 is 2.04. The number of aliphatic hydroxyl groups excluding tert-OH is 1. The first-order valence-corrected chi connectivity index (χ1v) is 7.34. The van der Waals surface area contributed by atoms with Crippen LogP contribution in [0.25, 0.3) is 5.78 Å². The van der Waals surface area contributed by atoms with Gasteiger partial charge in [0, 0.05) is 30.2 Å². The molecule has 1 unspecified atom stereocenters. The van der Waals surface area contributed by atoms with Gasteiger partial charge in [0.25, 0.3) is 0 Å². The Morgan fingerprint density at radius 1 is 1.30 bits per heavy atom. The standard InChI is InChI=1S/C15H22N4O/c1-11-7-12(2)19-9-13(17-15(19)16-11)8-18-6-4-3-5-14(18)10-20/h7,9,14,20H,3-6,8,10H2,1-2H3. The molecule has 2 aromatic heterocycles. The van der Waals surface area contributed by atoms with Crippen LogP contribution < -0.4 is 0 Å². The predicted octanol–water partition coefficient (Wildman–Crippen LogP) is 1.69. The second-order valence-electron chi connectivity index (χ2n) is 5.74. The monoisotopic (exact) mass is 274 g/mol. The minimum Gasteiger partial charge on any atom is -0.395 e. The first-order valence-electron chi connectivity index (χ1n) is 7.34. The van der Waals surface area contributed by atoms with E-state index in [2.05, 4.69) is 34.1 Å². The number of hydrogen-bond acceptors (Lipinski definition) is 4. The van der Waals surface area contributed by atoms with Gasteiger partial charge in [0.15, 0.2) is 0 Å². The van der Waals surface area contributed by atoms with Crippen LogP contribution in [0.2, 0.25) is 0 Å². The summed E-state index contributed by atoms with van der Waals surface area (Å²) >= 11 is 0. The van der Waals surface area contributed by atoms with E-state index in [1.165, 1.54) is 12.8 Å². The van der Waals surface area contributed by atoms with Gasteiger partial charge in [0.2, 0.25) is 5.78 Å². The average molecular weight is 274 g/mol. The number of rotatable bonds is 3. The van der Waals surface area contributed by atoms with Gasteiger partial charge >= 0.3 is 0 Å². The Morgan fingerprint density at radius 2 is 2.15 bits per heavy atom. The first-order chi connectivity index (χ1) is 9.67. The molecule has 2 aromatic rings. The summed E-state index contributed by atoms with van der Waals surface area (Å²) in [6, 6.07) is 2.35. The third kappa shape index (κ3) is 2.55. The molecule has 0 spiro atoms. The van der Waals surface area contributed by atoms with Crippen molar-refractivity contribution in [2.75, 3.05) is 13.2 Å². The molecule has 108 valence electrons. The molecule has 1 aliphatic rings. The molecule has 20 heavy (non-hydrogen) atoms. The Kier molecular flexibility index (Phi) is 3.72. The van der Waals surface area contributed by atoms with Crippen molar-refractivity contribution in [2.24, 2.45) is 0 Å². The molecule has 1 atom stereocenters. The lowest BCUT2D eigenvalue weighted by atomic mass is 10.0. The van der Waals surface area contributed by atoms with Crippen LogP contribution in [0, 0.1) is 13.8 Å². The number of aryl methyl sites for hydroxylation is 2. The number of aromatic nitrogens is 3. The van der Waals surface area contributed by atoms with Gasteiger partial charge in [-0.15, -0.1) is 0 Å². The highest BCUT2D eigenvalue weighted by Gasteiger charge is 2.22. The van der Waals surface area contributed by atoms with Crippen LogP contribution in [-0.2, 0) is 6.54 Å². The van der Waals surface area contributed by atoms with Gasteiger partial charge in [-0.3, -0.25) is 9.30 Å². The van der Waals surface area contributed by atoms with Gasteiger partial charge in [-0.2, -0.15) is 0 Å². The minimum atomic E-state index is 0.240. The molecule has 5 heteroatoms. The normalized spacial score (nSPS) is 20.6. The largest absolute Gasteiger partial charge is 0.395 e. The van der Waals surface area contributed by atoms with E-state index < -0.39 is 0 Å². The molecular formula is C15H22N4O. The Hall–Kier alpha value is -1.46. The maximum atomic E-state index is 9.48. The lowest BCUT2D eigenvalue weighted by Gasteiger charge is -2.33. The Morgan fingerprint density at radius 3 is 2.95 bits per heavy atom. The number of hydrogen-bond donors (Lipinski definition) is 1. The van der Waals surface area contributed by atoms with Crippen LogP contribution in [-0.4, -0.2) is 43.6 Å².